The summed E-state index contributed by atoms with van der Waals surface area (Å²) >= 11 is 0. The van der Waals surface area contributed by atoms with Gasteiger partial charge < -0.3 is 0 Å². The molecule has 92 valence electrons. The van der Waals surface area contributed by atoms with Crippen molar-refractivity contribution in [2.24, 2.45) is 10.2 Å². The van der Waals surface area contributed by atoms with Crippen molar-refractivity contribution in [1.29, 1.82) is 0 Å². The van der Waals surface area contributed by atoms with Gasteiger partial charge in [-0.3, -0.25) is 0 Å². The smallest absolute Gasteiger partial charge is 0.0852 e. The van der Waals surface area contributed by atoms with Gasteiger partial charge in [-0.15, -0.1) is 0 Å². The van der Waals surface area contributed by atoms with Crippen LogP contribution in [0.5, 0.6) is 0 Å². The van der Waals surface area contributed by atoms with E-state index in [4.69, 9.17) is 0 Å². The Morgan fingerprint density at radius 2 is 1.47 bits per heavy atom. The number of hydrogen-bond acceptors (Lipinski definition) is 2. The molecule has 0 radical (unpaired) electrons. The number of azo groups is 1. The quantitative estimate of drug-likeness (QED) is 0.554. The summed E-state index contributed by atoms with van der Waals surface area (Å²) in [6.07, 6.45) is 0. The molecule has 0 aromatic heterocycles. The molecule has 2 nitrogen and oxygen atoms in total. The molecule has 19 heavy (non-hydrogen) atoms. The maximum Gasteiger partial charge on any atom is 0.0852 e. The number of benzene rings is 3. The third-order valence-corrected chi connectivity index (χ3v) is 3.18. The Morgan fingerprint density at radius 3 is 2.26 bits per heavy atom. The van der Waals surface area contributed by atoms with Gasteiger partial charge in [0.25, 0.3) is 0 Å². The second-order valence-electron chi connectivity index (χ2n) is 4.37. The van der Waals surface area contributed by atoms with Gasteiger partial charge in [0.2, 0.25) is 0 Å². The summed E-state index contributed by atoms with van der Waals surface area (Å²) in [4.78, 5) is 0. The van der Waals surface area contributed by atoms with E-state index in [1.54, 1.807) is 7.05 Å². The molecule has 0 fully saturated rings. The van der Waals surface area contributed by atoms with E-state index in [0.717, 1.165) is 5.69 Å². The summed E-state index contributed by atoms with van der Waals surface area (Å²) in [7, 11) is 1.68. The molecule has 2 heteroatoms. The van der Waals surface area contributed by atoms with E-state index in [1.165, 1.54) is 21.9 Å². The summed E-state index contributed by atoms with van der Waals surface area (Å²) in [5, 5.41) is 10.3. The van der Waals surface area contributed by atoms with Gasteiger partial charge in [0.15, 0.2) is 0 Å². The van der Waals surface area contributed by atoms with Crippen molar-refractivity contribution in [3.8, 4) is 11.1 Å². The zero-order chi connectivity index (χ0) is 13.1. The van der Waals surface area contributed by atoms with Gasteiger partial charge in [-0.2, -0.15) is 10.2 Å². The first-order chi connectivity index (χ1) is 9.38. The molecule has 0 saturated heterocycles. The Hall–Kier alpha value is -2.48. The summed E-state index contributed by atoms with van der Waals surface area (Å²) in [5.41, 5.74) is 3.33. The lowest BCUT2D eigenvalue weighted by Crippen LogP contribution is -1.80. The van der Waals surface area contributed by atoms with Gasteiger partial charge in [0.05, 0.1) is 5.69 Å². The highest BCUT2D eigenvalue weighted by molar-refractivity contribution is 5.96. The van der Waals surface area contributed by atoms with Crippen LogP contribution in [0.15, 0.2) is 77.0 Å². The molecule has 0 saturated carbocycles. The van der Waals surface area contributed by atoms with Crippen LogP contribution in [-0.4, -0.2) is 7.05 Å². The van der Waals surface area contributed by atoms with Crippen LogP contribution in [-0.2, 0) is 0 Å². The first kappa shape index (κ1) is 11.6. The van der Waals surface area contributed by atoms with Gasteiger partial charge in [0.1, 0.15) is 0 Å². The largest absolute Gasteiger partial charge is 0.192 e. The van der Waals surface area contributed by atoms with Gasteiger partial charge in [0, 0.05) is 7.05 Å². The second kappa shape index (κ2) is 5.02. The van der Waals surface area contributed by atoms with Crippen molar-refractivity contribution >= 4 is 16.5 Å². The molecule has 0 aliphatic carbocycles. The summed E-state index contributed by atoms with van der Waals surface area (Å²) < 4.78 is 0. The van der Waals surface area contributed by atoms with Crippen molar-refractivity contribution in [1.82, 2.24) is 0 Å². The fourth-order valence-electron chi connectivity index (χ4n) is 2.30. The minimum atomic E-state index is 0.881. The molecule has 3 aromatic carbocycles. The zero-order valence-corrected chi connectivity index (χ0v) is 10.7. The van der Waals surface area contributed by atoms with E-state index in [9.17, 15) is 0 Å². The Kier molecular flexibility index (Phi) is 3.07. The van der Waals surface area contributed by atoms with Crippen LogP contribution < -0.4 is 0 Å². The number of hydrogen-bond donors (Lipinski definition) is 0. The van der Waals surface area contributed by atoms with Crippen molar-refractivity contribution in [3.63, 3.8) is 0 Å². The molecular weight excluding hydrogens is 232 g/mol. The molecule has 0 bridgehead atoms. The molecule has 0 atom stereocenters. The first-order valence-electron chi connectivity index (χ1n) is 6.26. The van der Waals surface area contributed by atoms with Crippen LogP contribution in [0.25, 0.3) is 21.9 Å². The normalized spacial score (nSPS) is 11.2. The van der Waals surface area contributed by atoms with E-state index < -0.39 is 0 Å². The van der Waals surface area contributed by atoms with Gasteiger partial charge in [-0.1, -0.05) is 54.6 Å². The maximum absolute atomic E-state index is 4.03. The van der Waals surface area contributed by atoms with Crippen LogP contribution in [0, 0.1) is 0 Å². The van der Waals surface area contributed by atoms with E-state index in [1.807, 2.05) is 12.1 Å². The minimum Gasteiger partial charge on any atom is -0.192 e. The average molecular weight is 246 g/mol. The number of nitrogens with zero attached hydrogens (tertiary/aromatic N) is 2. The maximum atomic E-state index is 4.03. The van der Waals surface area contributed by atoms with Crippen LogP contribution in [0.2, 0.25) is 0 Å². The number of rotatable bonds is 2. The van der Waals surface area contributed by atoms with E-state index in [-0.39, 0.29) is 0 Å². The fraction of sp³-hybridized carbons (Fsp3) is 0.0588. The van der Waals surface area contributed by atoms with Crippen molar-refractivity contribution in [2.45, 2.75) is 0 Å². The molecule has 0 spiro atoms. The topological polar surface area (TPSA) is 24.7 Å². The Balaban J connectivity index is 2.13. The van der Waals surface area contributed by atoms with Gasteiger partial charge >= 0.3 is 0 Å². The van der Waals surface area contributed by atoms with E-state index in [2.05, 4.69) is 64.8 Å². The highest BCUT2D eigenvalue weighted by atomic mass is 15.1. The Bertz CT molecular complexity index is 722. The van der Waals surface area contributed by atoms with E-state index >= 15 is 0 Å². The molecule has 0 unspecified atom stereocenters. The fourth-order valence-corrected chi connectivity index (χ4v) is 2.30. The standard InChI is InChI=1S/C17H14N2/c1-18-19-15-11-9-14(10-12-15)17-8-4-6-13-5-2-3-7-16(13)17/h2-12H,1H3. The van der Waals surface area contributed by atoms with Crippen molar-refractivity contribution < 1.29 is 0 Å². The highest BCUT2D eigenvalue weighted by Gasteiger charge is 2.02. The predicted molar refractivity (Wildman–Crippen MR) is 79.8 cm³/mol. The average Bonchev–Trinajstić information content (AvgIpc) is 2.48. The SMILES string of the molecule is CN=Nc1ccc(-c2cccc3ccccc23)cc1. The molecular formula is C17H14N2. The Labute approximate surface area is 112 Å². The molecule has 0 amide bonds. The van der Waals surface area contributed by atoms with Crippen LogP contribution in [0.3, 0.4) is 0 Å². The lowest BCUT2D eigenvalue weighted by molar-refractivity contribution is 1.17. The lowest BCUT2D eigenvalue weighted by atomic mass is 9.98. The lowest BCUT2D eigenvalue weighted by Gasteiger charge is -2.06. The molecule has 0 heterocycles. The van der Waals surface area contributed by atoms with Gasteiger partial charge in [-0.25, -0.2) is 0 Å². The number of fused-ring (bicyclic) bond motifs is 1. The van der Waals surface area contributed by atoms with Crippen molar-refractivity contribution in [2.75, 3.05) is 7.05 Å². The molecule has 0 aliphatic rings. The zero-order valence-electron chi connectivity index (χ0n) is 10.7. The predicted octanol–water partition coefficient (Wildman–Crippen LogP) is 5.22. The van der Waals surface area contributed by atoms with Gasteiger partial charge in [-0.05, 0) is 34.0 Å². The minimum absolute atomic E-state index is 0.881. The highest BCUT2D eigenvalue weighted by Crippen LogP contribution is 2.29. The second-order valence-corrected chi connectivity index (χ2v) is 4.37. The van der Waals surface area contributed by atoms with Crippen LogP contribution >= 0.6 is 0 Å². The molecule has 3 aromatic rings. The summed E-state index contributed by atoms with van der Waals surface area (Å²) in [6, 6.07) is 23.0. The molecule has 0 aliphatic heterocycles. The first-order valence-corrected chi connectivity index (χ1v) is 6.26. The van der Waals surface area contributed by atoms with Crippen LogP contribution in [0.1, 0.15) is 0 Å². The third kappa shape index (κ3) is 2.25. The third-order valence-electron chi connectivity index (χ3n) is 3.18. The van der Waals surface area contributed by atoms with E-state index in [0.29, 0.717) is 0 Å². The molecule has 3 rings (SSSR count). The summed E-state index contributed by atoms with van der Waals surface area (Å²) in [5.74, 6) is 0. The van der Waals surface area contributed by atoms with Crippen LogP contribution in [0.4, 0.5) is 5.69 Å². The van der Waals surface area contributed by atoms with Crippen molar-refractivity contribution in [3.05, 3.63) is 66.7 Å². The monoisotopic (exact) mass is 246 g/mol. The summed E-state index contributed by atoms with van der Waals surface area (Å²) in [6.45, 7) is 0. The molecule has 0 N–H and O–H groups in total. The Morgan fingerprint density at radius 1 is 0.737 bits per heavy atom.